The summed E-state index contributed by atoms with van der Waals surface area (Å²) in [7, 11) is 0. The molecule has 0 saturated heterocycles. The molecule has 0 aliphatic rings. The first-order chi connectivity index (χ1) is 11.5. The highest BCUT2D eigenvalue weighted by atomic mass is 16.1. The topological polar surface area (TPSA) is 50.2 Å². The van der Waals surface area contributed by atoms with E-state index >= 15 is 0 Å². The summed E-state index contributed by atoms with van der Waals surface area (Å²) in [6, 6.07) is 10.3. The molecule has 130 valence electrons. The molecule has 1 amide bonds. The first-order valence-electron chi connectivity index (χ1n) is 8.61. The van der Waals surface area contributed by atoms with Gasteiger partial charge in [-0.1, -0.05) is 19.1 Å². The van der Waals surface area contributed by atoms with Crippen LogP contribution in [0.5, 0.6) is 0 Å². The van der Waals surface area contributed by atoms with Gasteiger partial charge in [-0.25, -0.2) is 0 Å². The summed E-state index contributed by atoms with van der Waals surface area (Å²) in [6.07, 6.45) is 3.63. The van der Waals surface area contributed by atoms with E-state index in [1.165, 1.54) is 5.56 Å². The van der Waals surface area contributed by atoms with Gasteiger partial charge in [-0.3, -0.25) is 14.4 Å². The van der Waals surface area contributed by atoms with Crippen LogP contribution in [0.25, 0.3) is 0 Å². The SMILES string of the molecule is CCN(Cc1ccc(C(=O)N[C@@H](C)Cn2cccn2)cc1)C(C)C. The molecule has 0 fully saturated rings. The van der Waals surface area contributed by atoms with E-state index in [-0.39, 0.29) is 11.9 Å². The molecule has 1 N–H and O–H groups in total. The largest absolute Gasteiger partial charge is 0.348 e. The van der Waals surface area contributed by atoms with Crippen molar-refractivity contribution in [3.05, 3.63) is 53.9 Å². The van der Waals surface area contributed by atoms with Gasteiger partial charge >= 0.3 is 0 Å². The van der Waals surface area contributed by atoms with Crippen LogP contribution in [-0.2, 0) is 13.1 Å². The van der Waals surface area contributed by atoms with Crippen molar-refractivity contribution in [3.63, 3.8) is 0 Å². The maximum atomic E-state index is 12.3. The average Bonchev–Trinajstić information content (AvgIpc) is 3.05. The molecule has 0 saturated carbocycles. The van der Waals surface area contributed by atoms with Crippen LogP contribution in [-0.4, -0.2) is 39.2 Å². The summed E-state index contributed by atoms with van der Waals surface area (Å²) in [5, 5.41) is 7.17. The standard InChI is InChI=1S/C19H28N4O/c1-5-22(15(2)3)14-17-7-9-18(10-8-17)19(24)21-16(4)13-23-12-6-11-20-23/h6-12,15-16H,5,13-14H2,1-4H3,(H,21,24)/t16-/m0/s1. The Morgan fingerprint density at radius 1 is 1.25 bits per heavy atom. The lowest BCUT2D eigenvalue weighted by Gasteiger charge is -2.24. The molecule has 5 nitrogen and oxygen atoms in total. The summed E-state index contributed by atoms with van der Waals surface area (Å²) < 4.78 is 1.82. The van der Waals surface area contributed by atoms with E-state index in [1.54, 1.807) is 6.20 Å². The highest BCUT2D eigenvalue weighted by Gasteiger charge is 2.12. The fourth-order valence-corrected chi connectivity index (χ4v) is 2.70. The minimum atomic E-state index is -0.0441. The molecule has 1 atom stereocenters. The number of hydrogen-bond acceptors (Lipinski definition) is 3. The van der Waals surface area contributed by atoms with Gasteiger partial charge in [0.25, 0.3) is 5.91 Å². The van der Waals surface area contributed by atoms with Crippen LogP contribution in [0.15, 0.2) is 42.7 Å². The molecule has 2 rings (SSSR count). The number of hydrogen-bond donors (Lipinski definition) is 1. The molecule has 0 unspecified atom stereocenters. The highest BCUT2D eigenvalue weighted by Crippen LogP contribution is 2.10. The number of carbonyl (C=O) groups excluding carboxylic acids is 1. The molecule has 24 heavy (non-hydrogen) atoms. The Bertz CT molecular complexity index is 619. The smallest absolute Gasteiger partial charge is 0.251 e. The van der Waals surface area contributed by atoms with Gasteiger partial charge in [0, 0.05) is 36.6 Å². The van der Waals surface area contributed by atoms with Crippen molar-refractivity contribution in [2.75, 3.05) is 6.54 Å². The zero-order chi connectivity index (χ0) is 17.5. The molecular formula is C19H28N4O. The lowest BCUT2D eigenvalue weighted by molar-refractivity contribution is 0.0936. The zero-order valence-corrected chi connectivity index (χ0v) is 15.1. The second-order valence-corrected chi connectivity index (χ2v) is 6.46. The average molecular weight is 328 g/mol. The Balaban J connectivity index is 1.90. The van der Waals surface area contributed by atoms with Gasteiger partial charge in [0.2, 0.25) is 0 Å². The number of nitrogens with one attached hydrogen (secondary N) is 1. The fraction of sp³-hybridized carbons (Fsp3) is 0.474. The lowest BCUT2D eigenvalue weighted by Crippen LogP contribution is -2.35. The number of carbonyl (C=O) groups is 1. The molecule has 0 aliphatic carbocycles. The molecule has 2 aromatic rings. The second kappa shape index (κ2) is 8.64. The number of aromatic nitrogens is 2. The highest BCUT2D eigenvalue weighted by molar-refractivity contribution is 5.94. The maximum Gasteiger partial charge on any atom is 0.251 e. The molecule has 0 radical (unpaired) electrons. The van der Waals surface area contributed by atoms with Crippen LogP contribution < -0.4 is 5.32 Å². The van der Waals surface area contributed by atoms with Gasteiger partial charge in [0.15, 0.2) is 0 Å². The predicted molar refractivity (Wildman–Crippen MR) is 96.8 cm³/mol. The van der Waals surface area contributed by atoms with Crippen molar-refractivity contribution >= 4 is 5.91 Å². The summed E-state index contributed by atoms with van der Waals surface area (Å²) in [6.45, 7) is 11.1. The van der Waals surface area contributed by atoms with E-state index in [2.05, 4.69) is 36.1 Å². The third-order valence-electron chi connectivity index (χ3n) is 4.14. The molecule has 1 aromatic heterocycles. The van der Waals surface area contributed by atoms with E-state index in [0.29, 0.717) is 18.2 Å². The van der Waals surface area contributed by atoms with Gasteiger partial charge in [0.05, 0.1) is 6.54 Å². The normalized spacial score (nSPS) is 12.6. The zero-order valence-electron chi connectivity index (χ0n) is 15.1. The first-order valence-corrected chi connectivity index (χ1v) is 8.61. The van der Waals surface area contributed by atoms with Crippen LogP contribution in [0.3, 0.4) is 0 Å². The van der Waals surface area contributed by atoms with E-state index in [4.69, 9.17) is 0 Å². The predicted octanol–water partition coefficient (Wildman–Crippen LogP) is 2.93. The third-order valence-corrected chi connectivity index (χ3v) is 4.14. The van der Waals surface area contributed by atoms with Crippen molar-refractivity contribution < 1.29 is 4.79 Å². The van der Waals surface area contributed by atoms with Crippen LogP contribution >= 0.6 is 0 Å². The molecule has 0 aliphatic heterocycles. The minimum Gasteiger partial charge on any atom is -0.348 e. The van der Waals surface area contributed by atoms with E-state index in [0.717, 1.165) is 13.1 Å². The molecule has 1 heterocycles. The van der Waals surface area contributed by atoms with E-state index in [1.807, 2.05) is 48.1 Å². The van der Waals surface area contributed by atoms with Crippen molar-refractivity contribution in [3.8, 4) is 0 Å². The third kappa shape index (κ3) is 5.20. The Morgan fingerprint density at radius 2 is 1.96 bits per heavy atom. The van der Waals surface area contributed by atoms with Crippen molar-refractivity contribution in [2.45, 2.75) is 52.9 Å². The van der Waals surface area contributed by atoms with Gasteiger partial charge in [-0.15, -0.1) is 0 Å². The van der Waals surface area contributed by atoms with Gasteiger partial charge < -0.3 is 5.32 Å². The monoisotopic (exact) mass is 328 g/mol. The van der Waals surface area contributed by atoms with Gasteiger partial charge in [-0.2, -0.15) is 5.10 Å². The van der Waals surface area contributed by atoms with Gasteiger partial charge in [0.1, 0.15) is 0 Å². The number of nitrogens with zero attached hydrogens (tertiary/aromatic N) is 3. The van der Waals surface area contributed by atoms with E-state index < -0.39 is 0 Å². The number of benzene rings is 1. The van der Waals surface area contributed by atoms with Crippen molar-refractivity contribution in [2.24, 2.45) is 0 Å². The number of amides is 1. The second-order valence-electron chi connectivity index (χ2n) is 6.46. The Kier molecular flexibility index (Phi) is 6.55. The summed E-state index contributed by atoms with van der Waals surface area (Å²) >= 11 is 0. The van der Waals surface area contributed by atoms with Crippen LogP contribution in [0.2, 0.25) is 0 Å². The fourth-order valence-electron chi connectivity index (χ4n) is 2.70. The summed E-state index contributed by atoms with van der Waals surface area (Å²) in [4.78, 5) is 14.7. The molecule has 0 bridgehead atoms. The molecule has 1 aromatic carbocycles. The molecular weight excluding hydrogens is 300 g/mol. The lowest BCUT2D eigenvalue weighted by atomic mass is 10.1. The van der Waals surface area contributed by atoms with E-state index in [9.17, 15) is 4.79 Å². The molecule has 0 spiro atoms. The molecule has 5 heteroatoms. The van der Waals surface area contributed by atoms with Crippen LogP contribution in [0, 0.1) is 0 Å². The summed E-state index contributed by atoms with van der Waals surface area (Å²) in [5.41, 5.74) is 1.92. The first kappa shape index (κ1) is 18.2. The number of rotatable bonds is 8. The van der Waals surface area contributed by atoms with Crippen molar-refractivity contribution in [1.29, 1.82) is 0 Å². The minimum absolute atomic E-state index is 0.0219. The van der Waals surface area contributed by atoms with Crippen molar-refractivity contribution in [1.82, 2.24) is 20.0 Å². The van der Waals surface area contributed by atoms with Gasteiger partial charge in [-0.05, 0) is 51.1 Å². The Hall–Kier alpha value is -2.14. The Labute approximate surface area is 144 Å². The maximum absolute atomic E-state index is 12.3. The summed E-state index contributed by atoms with van der Waals surface area (Å²) in [5.74, 6) is -0.0441. The Morgan fingerprint density at radius 3 is 2.50 bits per heavy atom. The van der Waals surface area contributed by atoms with Crippen LogP contribution in [0.1, 0.15) is 43.6 Å². The van der Waals surface area contributed by atoms with Crippen LogP contribution in [0.4, 0.5) is 0 Å². The quantitative estimate of drug-likeness (QED) is 0.810.